The second-order valence-electron chi connectivity index (χ2n) is 7.53. The molecule has 0 aromatic carbocycles. The third-order valence-corrected chi connectivity index (χ3v) is 3.09. The van der Waals surface area contributed by atoms with Crippen LogP contribution in [0.2, 0.25) is 0 Å². The fourth-order valence-corrected chi connectivity index (χ4v) is 2.01. The second-order valence-corrected chi connectivity index (χ2v) is 7.53. The van der Waals surface area contributed by atoms with Crippen LogP contribution in [0, 0.1) is 10.8 Å². The summed E-state index contributed by atoms with van der Waals surface area (Å²) in [6.45, 7) is 14.7. The fraction of sp³-hybridized carbons (Fsp3) is 0.625. The Labute approximate surface area is 119 Å². The molecule has 0 saturated heterocycles. The molecule has 0 saturated carbocycles. The van der Waals surface area contributed by atoms with Crippen LogP contribution in [0.3, 0.4) is 0 Å². The van der Waals surface area contributed by atoms with Crippen LogP contribution in [-0.4, -0.2) is 19.9 Å². The molecular formula is C16H25B2O. The molecule has 0 aliphatic carbocycles. The van der Waals surface area contributed by atoms with Crippen LogP contribution in [0.25, 0.3) is 0 Å². The van der Waals surface area contributed by atoms with Gasteiger partial charge in [-0.2, -0.15) is 0 Å². The van der Waals surface area contributed by atoms with Crippen molar-refractivity contribution in [2.24, 2.45) is 10.8 Å². The van der Waals surface area contributed by atoms with Crippen molar-refractivity contribution in [3.63, 3.8) is 0 Å². The van der Waals surface area contributed by atoms with E-state index in [2.05, 4.69) is 45.7 Å². The molecule has 101 valence electrons. The summed E-state index contributed by atoms with van der Waals surface area (Å²) in [4.78, 5) is 12.0. The molecule has 1 nitrogen and oxygen atoms in total. The molecule has 1 rings (SSSR count). The van der Waals surface area contributed by atoms with E-state index in [-0.39, 0.29) is 16.5 Å². The minimum absolute atomic E-state index is 0.220. The van der Waals surface area contributed by atoms with Crippen molar-refractivity contribution in [2.45, 2.75) is 54.3 Å². The Balaban J connectivity index is 2.77. The monoisotopic (exact) mass is 255 g/mol. The molecule has 19 heavy (non-hydrogen) atoms. The first kappa shape index (κ1) is 16.2. The Kier molecular flexibility index (Phi) is 5.18. The zero-order valence-electron chi connectivity index (χ0n) is 13.2. The van der Waals surface area contributed by atoms with E-state index in [0.717, 1.165) is 12.7 Å². The van der Waals surface area contributed by atoms with Gasteiger partial charge in [-0.1, -0.05) is 0 Å². The molecule has 0 fully saturated rings. The Hall–Kier alpha value is -0.850. The van der Waals surface area contributed by atoms with Crippen LogP contribution < -0.4 is 0 Å². The van der Waals surface area contributed by atoms with Gasteiger partial charge in [-0.3, -0.25) is 0 Å². The SMILES string of the molecule is CC(C)(C)Cc1cbccc1C[B]C(=O)C(C)(C)C. The first-order valence-corrected chi connectivity index (χ1v) is 7.04. The van der Waals surface area contributed by atoms with Crippen molar-refractivity contribution in [2.75, 3.05) is 0 Å². The Morgan fingerprint density at radius 3 is 2.32 bits per heavy atom. The van der Waals surface area contributed by atoms with Gasteiger partial charge in [0, 0.05) is 0 Å². The van der Waals surface area contributed by atoms with E-state index in [0.29, 0.717) is 0 Å². The summed E-state index contributed by atoms with van der Waals surface area (Å²) in [6.07, 6.45) is 1.78. The standard InChI is InChI=1S/C16H25B2O/c1-15(2,3)9-13-10-17-8-7-12(13)11-18-14(19)16(4,5)6/h7-8,10H,9,11H2,1-6H3. The zero-order chi connectivity index (χ0) is 14.7. The third kappa shape index (κ3) is 5.76. The molecule has 0 aliphatic heterocycles. The molecule has 3 heteroatoms. The molecule has 1 heterocycles. The van der Waals surface area contributed by atoms with Gasteiger partial charge in [-0.05, 0) is 0 Å². The van der Waals surface area contributed by atoms with Crippen molar-refractivity contribution in [1.82, 2.24) is 0 Å². The summed E-state index contributed by atoms with van der Waals surface area (Å²) in [5.41, 5.74) is 2.84. The van der Waals surface area contributed by atoms with Crippen molar-refractivity contribution < 1.29 is 4.79 Å². The quantitative estimate of drug-likeness (QED) is 0.753. The van der Waals surface area contributed by atoms with Gasteiger partial charge in [-0.15, -0.1) is 0 Å². The van der Waals surface area contributed by atoms with E-state index in [4.69, 9.17) is 0 Å². The molecule has 1 aromatic rings. The van der Waals surface area contributed by atoms with E-state index in [1.165, 1.54) is 11.1 Å². The van der Waals surface area contributed by atoms with Crippen molar-refractivity contribution >= 4 is 19.9 Å². The first-order valence-electron chi connectivity index (χ1n) is 7.04. The number of hydrogen-bond acceptors (Lipinski definition) is 1. The van der Waals surface area contributed by atoms with Gasteiger partial charge in [-0.25, -0.2) is 0 Å². The predicted molar refractivity (Wildman–Crippen MR) is 84.9 cm³/mol. The summed E-state index contributed by atoms with van der Waals surface area (Å²) >= 11 is 0. The normalized spacial score (nSPS) is 12.1. The average molecular weight is 255 g/mol. The molecule has 0 unspecified atom stereocenters. The number of hydrogen-bond donors (Lipinski definition) is 0. The van der Waals surface area contributed by atoms with Gasteiger partial charge in [0.05, 0.1) is 0 Å². The number of carbonyl (C=O) groups excluding carboxylic acids is 1. The van der Waals surface area contributed by atoms with Crippen LogP contribution in [0.5, 0.6) is 0 Å². The molecular weight excluding hydrogens is 230 g/mol. The van der Waals surface area contributed by atoms with Crippen LogP contribution in [0.4, 0.5) is 0 Å². The first-order chi connectivity index (χ1) is 8.59. The summed E-state index contributed by atoms with van der Waals surface area (Å²) in [5.74, 6) is 4.23. The van der Waals surface area contributed by atoms with E-state index >= 15 is 0 Å². The van der Waals surface area contributed by atoms with E-state index in [1.54, 1.807) is 0 Å². The van der Waals surface area contributed by atoms with Crippen LogP contribution in [0.1, 0.15) is 52.7 Å². The van der Waals surface area contributed by atoms with Crippen LogP contribution >= 0.6 is 0 Å². The zero-order valence-corrected chi connectivity index (χ0v) is 13.2. The topological polar surface area (TPSA) is 17.1 Å². The molecule has 0 amide bonds. The van der Waals surface area contributed by atoms with Gasteiger partial charge in [0.2, 0.25) is 0 Å². The Morgan fingerprint density at radius 1 is 1.16 bits per heavy atom. The maximum atomic E-state index is 12.0. The van der Waals surface area contributed by atoms with Gasteiger partial charge < -0.3 is 0 Å². The van der Waals surface area contributed by atoms with Crippen molar-refractivity contribution in [3.8, 4) is 0 Å². The maximum absolute atomic E-state index is 12.0. The van der Waals surface area contributed by atoms with Crippen molar-refractivity contribution in [1.29, 1.82) is 0 Å². The van der Waals surface area contributed by atoms with Gasteiger partial charge in [0.15, 0.2) is 0 Å². The van der Waals surface area contributed by atoms with Crippen LogP contribution in [-0.2, 0) is 17.5 Å². The minimum atomic E-state index is -0.279. The molecule has 0 atom stereocenters. The van der Waals surface area contributed by atoms with Gasteiger partial charge in [0.1, 0.15) is 0 Å². The summed E-state index contributed by atoms with van der Waals surface area (Å²) < 4.78 is 0. The summed E-state index contributed by atoms with van der Waals surface area (Å²) in [5, 5.41) is 0. The predicted octanol–water partition coefficient (Wildman–Crippen LogP) is 3.39. The number of rotatable bonds is 4. The molecule has 0 aliphatic rings. The van der Waals surface area contributed by atoms with Gasteiger partial charge in [0.25, 0.3) is 0 Å². The molecule has 0 spiro atoms. The molecule has 0 bridgehead atoms. The van der Waals surface area contributed by atoms with E-state index in [9.17, 15) is 4.79 Å². The van der Waals surface area contributed by atoms with Crippen molar-refractivity contribution in [3.05, 3.63) is 29.1 Å². The average Bonchev–Trinajstić information content (AvgIpc) is 2.24. The van der Waals surface area contributed by atoms with Crippen LogP contribution in [0.15, 0.2) is 18.0 Å². The molecule has 1 aromatic heterocycles. The van der Waals surface area contributed by atoms with E-state index < -0.39 is 0 Å². The van der Waals surface area contributed by atoms with E-state index in [1.807, 2.05) is 28.1 Å². The summed E-state index contributed by atoms with van der Waals surface area (Å²) in [6, 6.07) is 2.13. The Morgan fingerprint density at radius 2 is 1.79 bits per heavy atom. The molecule has 1 radical (unpaired) electrons. The summed E-state index contributed by atoms with van der Waals surface area (Å²) in [7, 11) is 1.83. The number of carbonyl (C=O) groups is 1. The Bertz CT molecular complexity index is 439. The van der Waals surface area contributed by atoms with Gasteiger partial charge >= 0.3 is 119 Å². The fourth-order valence-electron chi connectivity index (χ4n) is 2.01. The third-order valence-electron chi connectivity index (χ3n) is 3.09. The second kappa shape index (κ2) is 6.07. The molecule has 0 N–H and O–H groups in total.